The van der Waals surface area contributed by atoms with E-state index in [1.807, 2.05) is 27.7 Å². The molecule has 0 bridgehead atoms. The Labute approximate surface area is 127 Å². The molecule has 1 rings (SSSR count). The lowest BCUT2D eigenvalue weighted by molar-refractivity contribution is -0.167. The fourth-order valence-electron chi connectivity index (χ4n) is 1.81. The van der Waals surface area contributed by atoms with E-state index in [-0.39, 0.29) is 5.41 Å². The summed E-state index contributed by atoms with van der Waals surface area (Å²) in [5, 5.41) is 7.94. The van der Waals surface area contributed by atoms with Gasteiger partial charge in [0.25, 0.3) is 0 Å². The molecule has 0 saturated heterocycles. The topological polar surface area (TPSA) is 60.2 Å². The largest absolute Gasteiger partial charge is 0.381 e. The van der Waals surface area contributed by atoms with Gasteiger partial charge in [-0.15, -0.1) is 0 Å². The lowest BCUT2D eigenvalue weighted by atomic mass is 9.84. The molecule has 5 nitrogen and oxygen atoms in total. The molecule has 0 saturated carbocycles. The van der Waals surface area contributed by atoms with Crippen LogP contribution >= 0.6 is 0 Å². The first-order valence-electron chi connectivity index (χ1n) is 7.55. The summed E-state index contributed by atoms with van der Waals surface area (Å²) >= 11 is 0. The Hall–Kier alpha value is -1.39. The van der Waals surface area contributed by atoms with E-state index >= 15 is 0 Å². The van der Waals surface area contributed by atoms with Crippen LogP contribution in [0, 0.1) is 11.3 Å². The van der Waals surface area contributed by atoms with Crippen molar-refractivity contribution in [3.05, 3.63) is 0 Å². The predicted molar refractivity (Wildman–Crippen MR) is 84.3 cm³/mol. The van der Waals surface area contributed by atoms with Gasteiger partial charge in [0, 0.05) is 11.8 Å². The molecule has 0 fully saturated rings. The molecule has 0 N–H and O–H groups in total. The summed E-state index contributed by atoms with van der Waals surface area (Å²) in [5.74, 6) is 0.110. The van der Waals surface area contributed by atoms with Crippen LogP contribution in [-0.2, 0) is 14.5 Å². The van der Waals surface area contributed by atoms with Crippen LogP contribution in [0.25, 0.3) is 0 Å². The molecule has 1 aliphatic rings. The zero-order valence-corrected chi connectivity index (χ0v) is 14.3. The maximum Gasteiger partial charge on any atom is 0.381 e. The van der Waals surface area contributed by atoms with Gasteiger partial charge in [-0.05, 0) is 32.6 Å². The number of oxime groups is 2. The minimum atomic E-state index is -1.07. The van der Waals surface area contributed by atoms with Crippen LogP contribution in [0.15, 0.2) is 10.3 Å². The van der Waals surface area contributed by atoms with Gasteiger partial charge in [-0.3, -0.25) is 0 Å². The third kappa shape index (κ3) is 5.14. The van der Waals surface area contributed by atoms with E-state index in [2.05, 4.69) is 24.2 Å². The molecule has 1 heterocycles. The van der Waals surface area contributed by atoms with Crippen molar-refractivity contribution in [2.45, 2.75) is 73.3 Å². The van der Waals surface area contributed by atoms with Crippen LogP contribution in [0.2, 0.25) is 0 Å². The molecule has 1 atom stereocenters. The Bertz CT molecular complexity index is 447. The highest BCUT2D eigenvalue weighted by Crippen LogP contribution is 2.32. The lowest BCUT2D eigenvalue weighted by Gasteiger charge is -2.20. The molecule has 0 aromatic heterocycles. The van der Waals surface area contributed by atoms with Crippen molar-refractivity contribution in [2.24, 2.45) is 21.6 Å². The minimum absolute atomic E-state index is 0.117. The van der Waals surface area contributed by atoms with Crippen molar-refractivity contribution in [1.29, 1.82) is 0 Å². The van der Waals surface area contributed by atoms with Crippen molar-refractivity contribution in [3.63, 3.8) is 0 Å². The Kier molecular flexibility index (Phi) is 5.54. The average molecular weight is 296 g/mol. The highest BCUT2D eigenvalue weighted by Gasteiger charge is 2.46. The zero-order chi connectivity index (χ0) is 16.3. The molecule has 0 aromatic carbocycles. The maximum absolute atomic E-state index is 12.2. The van der Waals surface area contributed by atoms with E-state index < -0.39 is 11.6 Å². The van der Waals surface area contributed by atoms with Crippen LogP contribution in [0.3, 0.4) is 0 Å². The van der Waals surface area contributed by atoms with Gasteiger partial charge in [0.2, 0.25) is 5.60 Å². The van der Waals surface area contributed by atoms with E-state index in [0.717, 1.165) is 24.3 Å². The van der Waals surface area contributed by atoms with Gasteiger partial charge in [0.1, 0.15) is 0 Å². The van der Waals surface area contributed by atoms with Crippen LogP contribution in [0.1, 0.15) is 67.7 Å². The number of rotatable bonds is 5. The van der Waals surface area contributed by atoms with Crippen LogP contribution < -0.4 is 0 Å². The molecule has 1 aliphatic heterocycles. The first-order valence-corrected chi connectivity index (χ1v) is 7.55. The fourth-order valence-corrected chi connectivity index (χ4v) is 1.81. The summed E-state index contributed by atoms with van der Waals surface area (Å²) in [7, 11) is 0. The first kappa shape index (κ1) is 17.7. The minimum Gasteiger partial charge on any atom is -0.377 e. The van der Waals surface area contributed by atoms with Crippen LogP contribution in [0.5, 0.6) is 0 Å². The van der Waals surface area contributed by atoms with E-state index in [1.165, 1.54) is 0 Å². The van der Waals surface area contributed by atoms with E-state index in [4.69, 9.17) is 9.68 Å². The molecule has 120 valence electrons. The van der Waals surface area contributed by atoms with Gasteiger partial charge in [0.15, 0.2) is 0 Å². The van der Waals surface area contributed by atoms with E-state index in [9.17, 15) is 4.79 Å². The summed E-state index contributed by atoms with van der Waals surface area (Å²) in [6.45, 7) is 14.0. The molecular weight excluding hydrogens is 268 g/mol. The molecule has 0 spiro atoms. The highest BCUT2D eigenvalue weighted by molar-refractivity contribution is 5.96. The van der Waals surface area contributed by atoms with Crippen molar-refractivity contribution in [3.8, 4) is 0 Å². The Morgan fingerprint density at radius 1 is 1.48 bits per heavy atom. The molecule has 0 aromatic rings. The summed E-state index contributed by atoms with van der Waals surface area (Å²) in [6.07, 6.45) is 2.29. The monoisotopic (exact) mass is 296 g/mol. The second kappa shape index (κ2) is 6.58. The Morgan fingerprint density at radius 3 is 2.57 bits per heavy atom. The van der Waals surface area contributed by atoms with Gasteiger partial charge in [-0.25, -0.2) is 4.79 Å². The van der Waals surface area contributed by atoms with Gasteiger partial charge < -0.3 is 9.68 Å². The summed E-state index contributed by atoms with van der Waals surface area (Å²) in [5.41, 5.74) is 0.497. The van der Waals surface area contributed by atoms with Gasteiger partial charge in [-0.1, -0.05) is 44.9 Å². The van der Waals surface area contributed by atoms with Gasteiger partial charge in [-0.2, -0.15) is 0 Å². The Morgan fingerprint density at radius 2 is 2.10 bits per heavy atom. The van der Waals surface area contributed by atoms with Crippen molar-refractivity contribution in [2.75, 3.05) is 0 Å². The quantitative estimate of drug-likeness (QED) is 0.439. The third-order valence-corrected chi connectivity index (χ3v) is 3.53. The molecular formula is C16H28N2O3. The van der Waals surface area contributed by atoms with Crippen molar-refractivity contribution >= 4 is 17.4 Å². The predicted octanol–water partition coefficient (Wildman–Crippen LogP) is 3.92. The van der Waals surface area contributed by atoms with E-state index in [1.54, 1.807) is 6.92 Å². The lowest BCUT2D eigenvalue weighted by Crippen LogP contribution is -2.37. The fraction of sp³-hybridized carbons (Fsp3) is 0.812. The SMILES string of the molecule is C/C(CCC(C)C)=N\OC(=O)C1(C)CC(C(C)(C)C)=NO1. The number of hydrogen-bond donors (Lipinski definition) is 0. The second-order valence-corrected chi connectivity index (χ2v) is 7.42. The van der Waals surface area contributed by atoms with Crippen molar-refractivity contribution in [1.82, 2.24) is 0 Å². The smallest absolute Gasteiger partial charge is 0.377 e. The van der Waals surface area contributed by atoms with Crippen molar-refractivity contribution < 1.29 is 14.5 Å². The van der Waals surface area contributed by atoms with Gasteiger partial charge in [0.05, 0.1) is 11.4 Å². The van der Waals surface area contributed by atoms with Crippen LogP contribution in [0.4, 0.5) is 0 Å². The standard InChI is InChI=1S/C16H28N2O3/c1-11(2)8-9-12(3)17-20-14(19)16(7)10-13(18-21-16)15(4,5)6/h11H,8-10H2,1-7H3/b17-12+. The molecule has 21 heavy (non-hydrogen) atoms. The Balaban J connectivity index is 2.55. The number of hydrogen-bond acceptors (Lipinski definition) is 5. The highest BCUT2D eigenvalue weighted by atomic mass is 16.7. The second-order valence-electron chi connectivity index (χ2n) is 7.42. The number of carbonyl (C=O) groups is 1. The third-order valence-electron chi connectivity index (χ3n) is 3.53. The van der Waals surface area contributed by atoms with Gasteiger partial charge >= 0.3 is 5.97 Å². The summed E-state index contributed by atoms with van der Waals surface area (Å²) < 4.78 is 0. The molecule has 5 heteroatoms. The molecule has 0 aliphatic carbocycles. The molecule has 0 radical (unpaired) electrons. The molecule has 1 unspecified atom stereocenters. The molecule has 0 amide bonds. The van der Waals surface area contributed by atoms with Crippen LogP contribution in [-0.4, -0.2) is 23.0 Å². The number of carbonyl (C=O) groups excluding carboxylic acids is 1. The summed E-state index contributed by atoms with van der Waals surface area (Å²) in [4.78, 5) is 22.5. The normalized spacial score (nSPS) is 23.0. The zero-order valence-electron chi connectivity index (χ0n) is 14.3. The summed E-state index contributed by atoms with van der Waals surface area (Å²) in [6, 6.07) is 0. The number of nitrogens with zero attached hydrogens (tertiary/aromatic N) is 2. The first-order chi connectivity index (χ1) is 9.54. The average Bonchev–Trinajstić information content (AvgIpc) is 2.77. The van der Waals surface area contributed by atoms with E-state index in [0.29, 0.717) is 12.3 Å². The maximum atomic E-state index is 12.2.